The summed E-state index contributed by atoms with van der Waals surface area (Å²) in [5.41, 5.74) is 1.12. The van der Waals surface area contributed by atoms with E-state index < -0.39 is 0 Å². The summed E-state index contributed by atoms with van der Waals surface area (Å²) in [4.78, 5) is 0. The maximum absolute atomic E-state index is 5.06. The van der Waals surface area contributed by atoms with Crippen molar-refractivity contribution >= 4 is 0 Å². The van der Waals surface area contributed by atoms with Crippen molar-refractivity contribution in [3.63, 3.8) is 0 Å². The van der Waals surface area contributed by atoms with E-state index in [2.05, 4.69) is 23.4 Å². The smallest absolute Gasteiger partial charge is 0.0793 e. The van der Waals surface area contributed by atoms with Crippen LogP contribution in [0.5, 0.6) is 0 Å². The van der Waals surface area contributed by atoms with E-state index >= 15 is 0 Å². The quantitative estimate of drug-likeness (QED) is 0.695. The van der Waals surface area contributed by atoms with Gasteiger partial charge >= 0.3 is 0 Å². The lowest BCUT2D eigenvalue weighted by Crippen LogP contribution is -2.21. The fourth-order valence-electron chi connectivity index (χ4n) is 1.65. The van der Waals surface area contributed by atoms with Gasteiger partial charge in [-0.25, -0.2) is 0 Å². The molecule has 86 valence electrons. The number of hydrogen-bond donors (Lipinski definition) is 1. The van der Waals surface area contributed by atoms with Crippen LogP contribution in [0, 0.1) is 0 Å². The minimum absolute atomic E-state index is 0.353. The zero-order valence-electron chi connectivity index (χ0n) is 9.86. The van der Waals surface area contributed by atoms with E-state index in [-0.39, 0.29) is 0 Å². The highest BCUT2D eigenvalue weighted by Gasteiger charge is 2.12. The van der Waals surface area contributed by atoms with Crippen LogP contribution in [-0.4, -0.2) is 30.0 Å². The van der Waals surface area contributed by atoms with Gasteiger partial charge in [0.15, 0.2) is 0 Å². The lowest BCUT2D eigenvalue weighted by Gasteiger charge is -2.15. The van der Waals surface area contributed by atoms with Crippen LogP contribution in [0.25, 0.3) is 0 Å². The maximum atomic E-state index is 5.06. The minimum Gasteiger partial charge on any atom is -0.385 e. The Hall–Kier alpha value is -0.870. The van der Waals surface area contributed by atoms with Crippen LogP contribution in [0.3, 0.4) is 0 Å². The van der Waals surface area contributed by atoms with Gasteiger partial charge in [-0.1, -0.05) is 6.92 Å². The fraction of sp³-hybridized carbons (Fsp3) is 0.727. The number of aryl methyl sites for hydroxylation is 1. The molecule has 4 heteroatoms. The molecule has 0 spiro atoms. The first-order valence-corrected chi connectivity index (χ1v) is 5.49. The Kier molecular flexibility index (Phi) is 5.36. The van der Waals surface area contributed by atoms with Gasteiger partial charge in [0.25, 0.3) is 0 Å². The zero-order chi connectivity index (χ0) is 11.1. The molecule has 0 saturated carbocycles. The zero-order valence-corrected chi connectivity index (χ0v) is 9.86. The Morgan fingerprint density at radius 3 is 2.93 bits per heavy atom. The molecule has 0 aromatic carbocycles. The Morgan fingerprint density at radius 1 is 1.60 bits per heavy atom. The largest absolute Gasteiger partial charge is 0.385 e. The summed E-state index contributed by atoms with van der Waals surface area (Å²) in [7, 11) is 3.69. The molecule has 15 heavy (non-hydrogen) atoms. The van der Waals surface area contributed by atoms with Gasteiger partial charge in [-0.2, -0.15) is 5.10 Å². The van der Waals surface area contributed by atoms with E-state index in [1.165, 1.54) is 0 Å². The number of nitrogens with zero attached hydrogens (tertiary/aromatic N) is 2. The lowest BCUT2D eigenvalue weighted by molar-refractivity contribution is 0.188. The molecule has 0 aliphatic rings. The van der Waals surface area contributed by atoms with Crippen LogP contribution in [0.2, 0.25) is 0 Å². The SMILES string of the molecule is CCNC(CCCOC)c1ccn(C)n1. The van der Waals surface area contributed by atoms with Crippen LogP contribution in [0.1, 0.15) is 31.5 Å². The van der Waals surface area contributed by atoms with Gasteiger partial charge in [0.2, 0.25) is 0 Å². The molecule has 1 aromatic rings. The highest BCUT2D eigenvalue weighted by molar-refractivity contribution is 5.05. The van der Waals surface area contributed by atoms with Crippen molar-refractivity contribution < 1.29 is 4.74 Å². The van der Waals surface area contributed by atoms with Gasteiger partial charge in [0.05, 0.1) is 11.7 Å². The molecule has 1 N–H and O–H groups in total. The second-order valence-electron chi connectivity index (χ2n) is 3.66. The number of rotatable bonds is 7. The molecule has 1 unspecified atom stereocenters. The Labute approximate surface area is 91.6 Å². The predicted octanol–water partition coefficient (Wildman–Crippen LogP) is 1.50. The van der Waals surface area contributed by atoms with E-state index in [0.29, 0.717) is 6.04 Å². The Morgan fingerprint density at radius 2 is 2.40 bits per heavy atom. The van der Waals surface area contributed by atoms with Crippen LogP contribution in [-0.2, 0) is 11.8 Å². The molecule has 0 bridgehead atoms. The summed E-state index contributed by atoms with van der Waals surface area (Å²) < 4.78 is 6.90. The van der Waals surface area contributed by atoms with Crippen LogP contribution < -0.4 is 5.32 Å². The normalized spacial score (nSPS) is 13.0. The summed E-state index contributed by atoms with van der Waals surface area (Å²) in [5, 5.41) is 7.86. The van der Waals surface area contributed by atoms with Crippen molar-refractivity contribution in [3.8, 4) is 0 Å². The molecule has 0 saturated heterocycles. The van der Waals surface area contributed by atoms with Gasteiger partial charge in [0.1, 0.15) is 0 Å². The standard InChI is InChI=1S/C11H21N3O/c1-4-12-10(6-5-9-15-3)11-7-8-14(2)13-11/h7-8,10,12H,4-6,9H2,1-3H3. The Balaban J connectivity index is 2.49. The molecule has 0 fully saturated rings. The number of nitrogens with one attached hydrogen (secondary N) is 1. The average Bonchev–Trinajstić information content (AvgIpc) is 2.64. The lowest BCUT2D eigenvalue weighted by atomic mass is 10.1. The van der Waals surface area contributed by atoms with Gasteiger partial charge in [-0.15, -0.1) is 0 Å². The number of methoxy groups -OCH3 is 1. The highest BCUT2D eigenvalue weighted by Crippen LogP contribution is 2.15. The van der Waals surface area contributed by atoms with Crippen molar-refractivity contribution in [2.24, 2.45) is 7.05 Å². The molecular weight excluding hydrogens is 190 g/mol. The fourth-order valence-corrected chi connectivity index (χ4v) is 1.65. The van der Waals surface area contributed by atoms with Gasteiger partial charge < -0.3 is 10.1 Å². The summed E-state index contributed by atoms with van der Waals surface area (Å²) in [6.45, 7) is 3.90. The molecule has 1 heterocycles. The maximum Gasteiger partial charge on any atom is 0.0793 e. The average molecular weight is 211 g/mol. The van der Waals surface area contributed by atoms with Crippen molar-refractivity contribution in [1.29, 1.82) is 0 Å². The summed E-state index contributed by atoms with van der Waals surface area (Å²) in [5.74, 6) is 0. The van der Waals surface area contributed by atoms with E-state index in [1.807, 2.05) is 17.9 Å². The summed E-state index contributed by atoms with van der Waals surface area (Å²) >= 11 is 0. The van der Waals surface area contributed by atoms with Crippen molar-refractivity contribution in [2.75, 3.05) is 20.3 Å². The van der Waals surface area contributed by atoms with E-state index in [1.54, 1.807) is 7.11 Å². The molecule has 0 aliphatic heterocycles. The molecular formula is C11H21N3O. The third-order valence-electron chi connectivity index (χ3n) is 2.38. The van der Waals surface area contributed by atoms with Gasteiger partial charge in [-0.3, -0.25) is 4.68 Å². The number of ether oxygens (including phenoxy) is 1. The van der Waals surface area contributed by atoms with Gasteiger partial charge in [0, 0.05) is 27.0 Å². The topological polar surface area (TPSA) is 39.1 Å². The predicted molar refractivity (Wildman–Crippen MR) is 60.7 cm³/mol. The molecule has 0 amide bonds. The van der Waals surface area contributed by atoms with E-state index in [0.717, 1.165) is 31.7 Å². The second kappa shape index (κ2) is 6.58. The first-order chi connectivity index (χ1) is 7.27. The monoisotopic (exact) mass is 211 g/mol. The van der Waals surface area contributed by atoms with Crippen LogP contribution >= 0.6 is 0 Å². The molecule has 0 radical (unpaired) electrons. The molecule has 1 atom stereocenters. The van der Waals surface area contributed by atoms with E-state index in [9.17, 15) is 0 Å². The van der Waals surface area contributed by atoms with Crippen LogP contribution in [0.4, 0.5) is 0 Å². The highest BCUT2D eigenvalue weighted by atomic mass is 16.5. The third kappa shape index (κ3) is 4.01. The first kappa shape index (κ1) is 12.2. The van der Waals surface area contributed by atoms with Crippen LogP contribution in [0.15, 0.2) is 12.3 Å². The minimum atomic E-state index is 0.353. The number of aromatic nitrogens is 2. The molecule has 0 aliphatic carbocycles. The van der Waals surface area contributed by atoms with Crippen molar-refractivity contribution in [3.05, 3.63) is 18.0 Å². The number of hydrogen-bond acceptors (Lipinski definition) is 3. The van der Waals surface area contributed by atoms with Crippen molar-refractivity contribution in [1.82, 2.24) is 15.1 Å². The molecule has 1 aromatic heterocycles. The van der Waals surface area contributed by atoms with Crippen molar-refractivity contribution in [2.45, 2.75) is 25.8 Å². The third-order valence-corrected chi connectivity index (χ3v) is 2.38. The van der Waals surface area contributed by atoms with E-state index in [4.69, 9.17) is 4.74 Å². The summed E-state index contributed by atoms with van der Waals surface area (Å²) in [6, 6.07) is 2.42. The summed E-state index contributed by atoms with van der Waals surface area (Å²) in [6.07, 6.45) is 4.11. The molecule has 1 rings (SSSR count). The first-order valence-electron chi connectivity index (χ1n) is 5.49. The van der Waals surface area contributed by atoms with Gasteiger partial charge in [-0.05, 0) is 25.5 Å². The Bertz CT molecular complexity index is 273. The molecule has 4 nitrogen and oxygen atoms in total. The second-order valence-corrected chi connectivity index (χ2v) is 3.66.